The molecule has 0 aliphatic carbocycles. The highest BCUT2D eigenvalue weighted by atomic mass is 32.2. The van der Waals surface area contributed by atoms with Gasteiger partial charge < -0.3 is 9.73 Å². The first-order chi connectivity index (χ1) is 9.88. The first-order valence-electron chi connectivity index (χ1n) is 7.15. The van der Waals surface area contributed by atoms with E-state index < -0.39 is 10.0 Å². The fourth-order valence-corrected chi connectivity index (χ4v) is 4.69. The van der Waals surface area contributed by atoms with Crippen molar-refractivity contribution in [3.05, 3.63) is 17.6 Å². The van der Waals surface area contributed by atoms with Crippen LogP contribution in [0.25, 0.3) is 0 Å². The van der Waals surface area contributed by atoms with Crippen molar-refractivity contribution in [2.45, 2.75) is 44.7 Å². The van der Waals surface area contributed by atoms with Crippen molar-refractivity contribution in [2.24, 2.45) is 0 Å². The van der Waals surface area contributed by atoms with Crippen LogP contribution in [0.3, 0.4) is 0 Å². The predicted molar refractivity (Wildman–Crippen MR) is 88.2 cm³/mol. The lowest BCUT2D eigenvalue weighted by molar-refractivity contribution is 0.384. The van der Waals surface area contributed by atoms with E-state index in [0.717, 1.165) is 18.7 Å². The fraction of sp³-hybridized carbons (Fsp3) is 0.714. The molecule has 21 heavy (non-hydrogen) atoms. The summed E-state index contributed by atoms with van der Waals surface area (Å²) in [5, 5.41) is 3.13. The summed E-state index contributed by atoms with van der Waals surface area (Å²) in [6.07, 6.45) is 2.78. The standard InChI is InChI=1S/C14H26N2O3S2/c1-6-12(10-20-5)16(4)21(17,18)14-8-13(9-15-7-2)19-11(14)3/h8,12,15H,6-7,9-10H2,1-5H3. The van der Waals surface area contributed by atoms with Crippen LogP contribution in [0, 0.1) is 6.92 Å². The molecule has 0 spiro atoms. The van der Waals surface area contributed by atoms with E-state index >= 15 is 0 Å². The molecule has 0 fully saturated rings. The SMILES string of the molecule is CCNCc1cc(S(=O)(=O)N(C)C(CC)CSC)c(C)o1. The Labute approximate surface area is 132 Å². The molecule has 1 atom stereocenters. The molecule has 1 heterocycles. The van der Waals surface area contributed by atoms with Gasteiger partial charge in [-0.05, 0) is 26.1 Å². The number of rotatable bonds is 9. The fourth-order valence-electron chi connectivity index (χ4n) is 2.14. The van der Waals surface area contributed by atoms with Gasteiger partial charge in [0.15, 0.2) is 0 Å². The van der Waals surface area contributed by atoms with Gasteiger partial charge in [0.05, 0.1) is 6.54 Å². The number of aryl methyl sites for hydroxylation is 1. The number of nitrogens with zero attached hydrogens (tertiary/aromatic N) is 1. The third-order valence-electron chi connectivity index (χ3n) is 3.47. The van der Waals surface area contributed by atoms with Gasteiger partial charge in [-0.25, -0.2) is 8.42 Å². The molecule has 122 valence electrons. The summed E-state index contributed by atoms with van der Waals surface area (Å²) in [6.45, 7) is 7.05. The normalized spacial score (nSPS) is 13.8. The quantitative estimate of drug-likeness (QED) is 0.751. The molecule has 0 aliphatic rings. The Hall–Kier alpha value is -0.500. The summed E-state index contributed by atoms with van der Waals surface area (Å²) in [7, 11) is -1.86. The number of furan rings is 1. The van der Waals surface area contributed by atoms with Crippen LogP contribution >= 0.6 is 11.8 Å². The summed E-state index contributed by atoms with van der Waals surface area (Å²) >= 11 is 1.65. The highest BCUT2D eigenvalue weighted by Crippen LogP contribution is 2.25. The molecule has 1 N–H and O–H groups in total. The van der Waals surface area contributed by atoms with Crippen molar-refractivity contribution in [1.29, 1.82) is 0 Å². The maximum atomic E-state index is 12.8. The van der Waals surface area contributed by atoms with Gasteiger partial charge in [0.1, 0.15) is 16.4 Å². The first-order valence-corrected chi connectivity index (χ1v) is 9.98. The Morgan fingerprint density at radius 3 is 2.62 bits per heavy atom. The van der Waals surface area contributed by atoms with Gasteiger partial charge >= 0.3 is 0 Å². The van der Waals surface area contributed by atoms with E-state index in [1.807, 2.05) is 20.1 Å². The molecule has 0 saturated carbocycles. The summed E-state index contributed by atoms with van der Waals surface area (Å²) in [6, 6.07) is 1.63. The number of hydrogen-bond donors (Lipinski definition) is 1. The van der Waals surface area contributed by atoms with Crippen molar-refractivity contribution in [3.8, 4) is 0 Å². The summed E-state index contributed by atoms with van der Waals surface area (Å²) in [4.78, 5) is 0.275. The number of nitrogens with one attached hydrogen (secondary N) is 1. The van der Waals surface area contributed by atoms with Crippen LogP contribution < -0.4 is 5.32 Å². The van der Waals surface area contributed by atoms with E-state index in [1.54, 1.807) is 31.8 Å². The van der Waals surface area contributed by atoms with Gasteiger partial charge in [-0.2, -0.15) is 16.1 Å². The van der Waals surface area contributed by atoms with Crippen molar-refractivity contribution >= 4 is 21.8 Å². The summed E-state index contributed by atoms with van der Waals surface area (Å²) in [5.41, 5.74) is 0. The van der Waals surface area contributed by atoms with Gasteiger partial charge in [-0.1, -0.05) is 13.8 Å². The van der Waals surface area contributed by atoms with E-state index in [4.69, 9.17) is 4.42 Å². The molecule has 0 radical (unpaired) electrons. The highest BCUT2D eigenvalue weighted by Gasteiger charge is 2.30. The lowest BCUT2D eigenvalue weighted by atomic mass is 10.3. The minimum absolute atomic E-state index is 0.00323. The van der Waals surface area contributed by atoms with Crippen LogP contribution in [0.4, 0.5) is 0 Å². The largest absolute Gasteiger partial charge is 0.464 e. The average molecular weight is 335 g/mol. The van der Waals surface area contributed by atoms with Gasteiger partial charge in [-0.3, -0.25) is 0 Å². The molecule has 0 aromatic carbocycles. The molecular formula is C14H26N2O3S2. The number of thioether (sulfide) groups is 1. The zero-order valence-corrected chi connectivity index (χ0v) is 15.1. The van der Waals surface area contributed by atoms with E-state index in [0.29, 0.717) is 18.1 Å². The molecule has 1 unspecified atom stereocenters. The van der Waals surface area contributed by atoms with E-state index in [2.05, 4.69) is 5.32 Å². The zero-order chi connectivity index (χ0) is 16.0. The van der Waals surface area contributed by atoms with Gasteiger partial charge in [-0.15, -0.1) is 0 Å². The molecule has 0 saturated heterocycles. The van der Waals surface area contributed by atoms with Crippen molar-refractivity contribution in [3.63, 3.8) is 0 Å². The molecule has 1 rings (SSSR count). The smallest absolute Gasteiger partial charge is 0.246 e. The highest BCUT2D eigenvalue weighted by molar-refractivity contribution is 7.98. The van der Waals surface area contributed by atoms with Crippen LogP contribution in [-0.2, 0) is 16.6 Å². The summed E-state index contributed by atoms with van der Waals surface area (Å²) in [5.74, 6) is 1.89. The first kappa shape index (κ1) is 18.5. The molecule has 1 aromatic rings. The van der Waals surface area contributed by atoms with E-state index in [9.17, 15) is 8.42 Å². The number of hydrogen-bond acceptors (Lipinski definition) is 5. The molecular weight excluding hydrogens is 308 g/mol. The lowest BCUT2D eigenvalue weighted by Gasteiger charge is -2.25. The Morgan fingerprint density at radius 2 is 2.10 bits per heavy atom. The molecule has 1 aromatic heterocycles. The van der Waals surface area contributed by atoms with Crippen LogP contribution in [-0.4, -0.2) is 44.4 Å². The average Bonchev–Trinajstić information content (AvgIpc) is 2.83. The molecule has 0 amide bonds. The third-order valence-corrected chi connectivity index (χ3v) is 6.21. The van der Waals surface area contributed by atoms with E-state index in [-0.39, 0.29) is 10.9 Å². The van der Waals surface area contributed by atoms with Crippen molar-refractivity contribution in [2.75, 3.05) is 25.6 Å². The lowest BCUT2D eigenvalue weighted by Crippen LogP contribution is -2.38. The maximum absolute atomic E-state index is 12.8. The summed E-state index contributed by atoms with van der Waals surface area (Å²) < 4.78 is 32.5. The van der Waals surface area contributed by atoms with Crippen molar-refractivity contribution < 1.29 is 12.8 Å². The molecule has 0 aliphatic heterocycles. The van der Waals surface area contributed by atoms with Gasteiger partial charge in [0.2, 0.25) is 10.0 Å². The van der Waals surface area contributed by atoms with E-state index in [1.165, 1.54) is 4.31 Å². The van der Waals surface area contributed by atoms with Crippen LogP contribution in [0.2, 0.25) is 0 Å². The number of sulfonamides is 1. The monoisotopic (exact) mass is 334 g/mol. The Morgan fingerprint density at radius 1 is 1.43 bits per heavy atom. The molecule has 0 bridgehead atoms. The zero-order valence-electron chi connectivity index (χ0n) is 13.5. The Bertz CT molecular complexity index is 540. The van der Waals surface area contributed by atoms with Gasteiger partial charge in [0, 0.05) is 24.9 Å². The second kappa shape index (κ2) is 8.22. The Kier molecular flexibility index (Phi) is 7.26. The minimum Gasteiger partial charge on any atom is -0.464 e. The van der Waals surface area contributed by atoms with Crippen LogP contribution in [0.5, 0.6) is 0 Å². The second-order valence-electron chi connectivity index (χ2n) is 4.95. The topological polar surface area (TPSA) is 62.6 Å². The predicted octanol–water partition coefficient (Wildman–Crippen LogP) is 2.46. The molecule has 7 heteroatoms. The van der Waals surface area contributed by atoms with Crippen LogP contribution in [0.1, 0.15) is 31.8 Å². The second-order valence-corrected chi connectivity index (χ2v) is 7.83. The van der Waals surface area contributed by atoms with Crippen molar-refractivity contribution in [1.82, 2.24) is 9.62 Å². The molecule has 5 nitrogen and oxygen atoms in total. The maximum Gasteiger partial charge on any atom is 0.246 e. The third kappa shape index (κ3) is 4.48. The van der Waals surface area contributed by atoms with Gasteiger partial charge in [0.25, 0.3) is 0 Å². The van der Waals surface area contributed by atoms with Crippen LogP contribution in [0.15, 0.2) is 15.4 Å². The minimum atomic E-state index is -3.51. The Balaban J connectivity index is 3.03.